The number of carbonyl (C=O) groups is 1. The summed E-state index contributed by atoms with van der Waals surface area (Å²) in [5, 5.41) is 0. The lowest BCUT2D eigenvalue weighted by atomic mass is 10.1. The number of carbonyl (C=O) groups excluding carboxylic acids is 1. The van der Waals surface area contributed by atoms with E-state index in [2.05, 4.69) is 13.8 Å². The molecule has 0 saturated carbocycles. The maximum absolute atomic E-state index is 11.5. The third-order valence-corrected chi connectivity index (χ3v) is 3.33. The Balaban J connectivity index is 1.71. The first kappa shape index (κ1) is 14.1. The van der Waals surface area contributed by atoms with Crippen molar-refractivity contribution < 1.29 is 14.3 Å². The Morgan fingerprint density at radius 1 is 1.16 bits per heavy atom. The van der Waals surface area contributed by atoms with Crippen molar-refractivity contribution in [3.05, 3.63) is 29.3 Å². The van der Waals surface area contributed by atoms with Gasteiger partial charge in [0.1, 0.15) is 12.4 Å². The largest absolute Gasteiger partial charge is 0.491 e. The summed E-state index contributed by atoms with van der Waals surface area (Å²) in [4.78, 5) is 11.5. The zero-order chi connectivity index (χ0) is 13.7. The van der Waals surface area contributed by atoms with E-state index < -0.39 is 0 Å². The number of rotatable bonds is 7. The number of fused-ring (bicyclic) bond motifs is 1. The Morgan fingerprint density at radius 2 is 2.00 bits per heavy atom. The zero-order valence-corrected chi connectivity index (χ0v) is 11.8. The highest BCUT2D eigenvalue weighted by Gasteiger charge is 2.19. The van der Waals surface area contributed by atoms with Crippen LogP contribution in [-0.2, 0) is 11.2 Å². The van der Waals surface area contributed by atoms with Crippen molar-refractivity contribution in [2.75, 3.05) is 19.8 Å². The van der Waals surface area contributed by atoms with Crippen molar-refractivity contribution in [3.63, 3.8) is 0 Å². The van der Waals surface area contributed by atoms with Crippen LogP contribution in [0.25, 0.3) is 0 Å². The Labute approximate surface area is 114 Å². The molecule has 3 heteroatoms. The highest BCUT2D eigenvalue weighted by atomic mass is 16.5. The van der Waals surface area contributed by atoms with Gasteiger partial charge in [-0.05, 0) is 42.5 Å². The fourth-order valence-electron chi connectivity index (χ4n) is 2.16. The van der Waals surface area contributed by atoms with Crippen LogP contribution in [0.5, 0.6) is 5.75 Å². The summed E-state index contributed by atoms with van der Waals surface area (Å²) in [6.07, 6.45) is 2.56. The molecule has 1 aliphatic carbocycles. The Kier molecular flexibility index (Phi) is 4.97. The highest BCUT2D eigenvalue weighted by molar-refractivity contribution is 6.00. The molecule has 19 heavy (non-hydrogen) atoms. The molecule has 0 spiro atoms. The smallest absolute Gasteiger partial charge is 0.163 e. The third-order valence-electron chi connectivity index (χ3n) is 3.33. The summed E-state index contributed by atoms with van der Waals surface area (Å²) in [6, 6.07) is 5.73. The summed E-state index contributed by atoms with van der Waals surface area (Å²) >= 11 is 0. The first-order valence-corrected chi connectivity index (χ1v) is 7.03. The van der Waals surface area contributed by atoms with Crippen LogP contribution >= 0.6 is 0 Å². The molecule has 1 aliphatic rings. The van der Waals surface area contributed by atoms with Crippen molar-refractivity contribution >= 4 is 5.78 Å². The topological polar surface area (TPSA) is 35.5 Å². The highest BCUT2D eigenvalue weighted by Crippen LogP contribution is 2.25. The van der Waals surface area contributed by atoms with E-state index in [0.29, 0.717) is 25.6 Å². The molecular weight excluding hydrogens is 240 g/mol. The van der Waals surface area contributed by atoms with Crippen LogP contribution < -0.4 is 4.74 Å². The molecule has 0 radical (unpaired) electrons. The van der Waals surface area contributed by atoms with Crippen LogP contribution in [0.15, 0.2) is 18.2 Å². The standard InChI is InChI=1S/C16H22O3/c1-12(2)7-8-18-9-10-19-14-4-5-15-13(11-14)3-6-16(15)17/h4-5,11-12H,3,6-10H2,1-2H3. The minimum absolute atomic E-state index is 0.249. The van der Waals surface area contributed by atoms with Crippen LogP contribution in [0.2, 0.25) is 0 Å². The first-order valence-electron chi connectivity index (χ1n) is 7.03. The van der Waals surface area contributed by atoms with Crippen LogP contribution in [0.1, 0.15) is 42.6 Å². The Bertz CT molecular complexity index is 438. The van der Waals surface area contributed by atoms with Crippen molar-refractivity contribution in [1.82, 2.24) is 0 Å². The van der Waals surface area contributed by atoms with Crippen molar-refractivity contribution in [2.24, 2.45) is 5.92 Å². The first-order chi connectivity index (χ1) is 9.16. The molecule has 0 aliphatic heterocycles. The lowest BCUT2D eigenvalue weighted by Crippen LogP contribution is -2.08. The van der Waals surface area contributed by atoms with Gasteiger partial charge in [0.2, 0.25) is 0 Å². The van der Waals surface area contributed by atoms with E-state index in [1.165, 1.54) is 0 Å². The molecule has 0 amide bonds. The second-order valence-corrected chi connectivity index (χ2v) is 5.39. The maximum Gasteiger partial charge on any atom is 0.163 e. The second-order valence-electron chi connectivity index (χ2n) is 5.39. The molecule has 0 bridgehead atoms. The monoisotopic (exact) mass is 262 g/mol. The SMILES string of the molecule is CC(C)CCOCCOc1ccc2c(c1)CCC2=O. The van der Waals surface area contributed by atoms with E-state index in [9.17, 15) is 4.79 Å². The maximum atomic E-state index is 11.5. The van der Waals surface area contributed by atoms with Crippen molar-refractivity contribution in [2.45, 2.75) is 33.1 Å². The van der Waals surface area contributed by atoms with E-state index in [1.54, 1.807) is 0 Å². The summed E-state index contributed by atoms with van der Waals surface area (Å²) in [6.45, 7) is 6.34. The van der Waals surface area contributed by atoms with Crippen LogP contribution in [0, 0.1) is 5.92 Å². The summed E-state index contributed by atoms with van der Waals surface area (Å²) in [5.74, 6) is 1.76. The molecule has 1 aromatic carbocycles. The van der Waals surface area contributed by atoms with Crippen LogP contribution in [-0.4, -0.2) is 25.6 Å². The number of hydrogen-bond donors (Lipinski definition) is 0. The molecule has 0 saturated heterocycles. The van der Waals surface area contributed by atoms with Crippen LogP contribution in [0.4, 0.5) is 0 Å². The predicted octanol–water partition coefficient (Wildman–Crippen LogP) is 3.26. The number of hydrogen-bond acceptors (Lipinski definition) is 3. The zero-order valence-electron chi connectivity index (χ0n) is 11.8. The van der Waals surface area contributed by atoms with E-state index in [1.807, 2.05) is 18.2 Å². The number of Topliss-reactive ketones (excluding diaryl/α,β-unsaturated/α-hetero) is 1. The normalized spacial score (nSPS) is 13.9. The van der Waals surface area contributed by atoms with Gasteiger partial charge in [0.05, 0.1) is 6.61 Å². The fourth-order valence-corrected chi connectivity index (χ4v) is 2.16. The Hall–Kier alpha value is -1.35. The van der Waals surface area contributed by atoms with Gasteiger partial charge in [-0.15, -0.1) is 0 Å². The van der Waals surface area contributed by atoms with Gasteiger partial charge in [0.25, 0.3) is 0 Å². The van der Waals surface area contributed by atoms with Gasteiger partial charge >= 0.3 is 0 Å². The average Bonchev–Trinajstić information content (AvgIpc) is 2.75. The Morgan fingerprint density at radius 3 is 2.79 bits per heavy atom. The van der Waals surface area contributed by atoms with Gasteiger partial charge in [0.15, 0.2) is 5.78 Å². The average molecular weight is 262 g/mol. The molecule has 3 nitrogen and oxygen atoms in total. The molecule has 0 unspecified atom stereocenters. The van der Waals surface area contributed by atoms with E-state index >= 15 is 0 Å². The molecule has 0 atom stereocenters. The molecule has 0 fully saturated rings. The molecule has 104 valence electrons. The van der Waals surface area contributed by atoms with Gasteiger partial charge in [-0.25, -0.2) is 0 Å². The molecule has 2 rings (SSSR count). The quantitative estimate of drug-likeness (QED) is 0.708. The van der Waals surface area contributed by atoms with Gasteiger partial charge < -0.3 is 9.47 Å². The summed E-state index contributed by atoms with van der Waals surface area (Å²) < 4.78 is 11.1. The van der Waals surface area contributed by atoms with E-state index in [0.717, 1.165) is 36.3 Å². The van der Waals surface area contributed by atoms with Crippen molar-refractivity contribution in [1.29, 1.82) is 0 Å². The van der Waals surface area contributed by atoms with Crippen LogP contribution in [0.3, 0.4) is 0 Å². The minimum Gasteiger partial charge on any atom is -0.491 e. The number of ketones is 1. The van der Waals surface area contributed by atoms with Gasteiger partial charge in [-0.2, -0.15) is 0 Å². The molecule has 1 aromatic rings. The lowest BCUT2D eigenvalue weighted by Gasteiger charge is -2.09. The molecule has 0 heterocycles. The number of aryl methyl sites for hydroxylation is 1. The third kappa shape index (κ3) is 4.06. The van der Waals surface area contributed by atoms with Gasteiger partial charge in [-0.3, -0.25) is 4.79 Å². The number of ether oxygens (including phenoxy) is 2. The summed E-state index contributed by atoms with van der Waals surface area (Å²) in [7, 11) is 0. The van der Waals surface area contributed by atoms with E-state index in [4.69, 9.17) is 9.47 Å². The van der Waals surface area contributed by atoms with Gasteiger partial charge in [0, 0.05) is 18.6 Å². The van der Waals surface area contributed by atoms with E-state index in [-0.39, 0.29) is 5.78 Å². The summed E-state index contributed by atoms with van der Waals surface area (Å²) in [5.41, 5.74) is 1.98. The van der Waals surface area contributed by atoms with Crippen molar-refractivity contribution in [3.8, 4) is 5.75 Å². The molecule has 0 N–H and O–H groups in total. The second kappa shape index (κ2) is 6.71. The fraction of sp³-hybridized carbons (Fsp3) is 0.562. The molecule has 0 aromatic heterocycles. The molecular formula is C16H22O3. The minimum atomic E-state index is 0.249. The predicted molar refractivity (Wildman–Crippen MR) is 74.9 cm³/mol. The van der Waals surface area contributed by atoms with Gasteiger partial charge in [-0.1, -0.05) is 13.8 Å². The number of benzene rings is 1. The lowest BCUT2D eigenvalue weighted by molar-refractivity contribution is 0.0925.